The first-order valence-electron chi connectivity index (χ1n) is 4.77. The third kappa shape index (κ3) is 2.15. The molecule has 0 saturated carbocycles. The zero-order chi connectivity index (χ0) is 12.4. The summed E-state index contributed by atoms with van der Waals surface area (Å²) in [6, 6.07) is 7.39. The minimum absolute atomic E-state index is 0.146. The third-order valence-corrected chi connectivity index (χ3v) is 2.19. The minimum atomic E-state index is -1.16. The Morgan fingerprint density at radius 2 is 2.00 bits per heavy atom. The van der Waals surface area contributed by atoms with Crippen molar-refractivity contribution >= 4 is 28.6 Å². The molecule has 0 aliphatic heterocycles. The Balaban J connectivity index is 2.68. The third-order valence-electron chi connectivity index (χ3n) is 2.19. The summed E-state index contributed by atoms with van der Waals surface area (Å²) >= 11 is 0. The molecule has 0 radical (unpaired) electrons. The van der Waals surface area contributed by atoms with Crippen LogP contribution in [0, 0.1) is 0 Å². The van der Waals surface area contributed by atoms with Crippen LogP contribution in [0.3, 0.4) is 0 Å². The van der Waals surface area contributed by atoms with Gasteiger partial charge in [-0.1, -0.05) is 18.2 Å². The van der Waals surface area contributed by atoms with Crippen LogP contribution in [0.4, 0.5) is 10.5 Å². The van der Waals surface area contributed by atoms with Gasteiger partial charge in [0.1, 0.15) is 0 Å². The Kier molecular flexibility index (Phi) is 2.61. The maximum Gasteiger partial charge on any atom is 0.354 e. The fraction of sp³-hybridized carbons (Fsp3) is 0. The van der Waals surface area contributed by atoms with Gasteiger partial charge in [-0.05, 0) is 12.1 Å². The number of para-hydroxylation sites is 1. The zero-order valence-corrected chi connectivity index (χ0v) is 8.68. The summed E-state index contributed by atoms with van der Waals surface area (Å²) in [6.07, 6.45) is 0. The number of hydrogen-bond acceptors (Lipinski definition) is 3. The smallest absolute Gasteiger partial charge is 0.354 e. The molecule has 6 heteroatoms. The van der Waals surface area contributed by atoms with Crippen LogP contribution in [0.1, 0.15) is 10.5 Å². The first-order valence-corrected chi connectivity index (χ1v) is 4.77. The average molecular weight is 231 g/mol. The Hall–Kier alpha value is -2.63. The van der Waals surface area contributed by atoms with Crippen molar-refractivity contribution in [2.24, 2.45) is 5.73 Å². The van der Waals surface area contributed by atoms with Crippen molar-refractivity contribution in [3.8, 4) is 0 Å². The first kappa shape index (κ1) is 10.9. The molecular weight excluding hydrogens is 222 g/mol. The Morgan fingerprint density at radius 1 is 1.29 bits per heavy atom. The fourth-order valence-corrected chi connectivity index (χ4v) is 1.52. The second-order valence-corrected chi connectivity index (χ2v) is 3.37. The topological polar surface area (TPSA) is 105 Å². The molecule has 0 aliphatic rings. The number of anilines is 1. The molecule has 1 aromatic carbocycles. The number of nitrogens with one attached hydrogen (secondary N) is 1. The van der Waals surface area contributed by atoms with E-state index in [1.54, 1.807) is 24.3 Å². The molecule has 17 heavy (non-hydrogen) atoms. The summed E-state index contributed by atoms with van der Waals surface area (Å²) in [4.78, 5) is 25.7. The summed E-state index contributed by atoms with van der Waals surface area (Å²) in [5.74, 6) is -1.16. The number of aromatic nitrogens is 1. The highest BCUT2D eigenvalue weighted by molar-refractivity contribution is 6.02. The zero-order valence-electron chi connectivity index (χ0n) is 8.68. The van der Waals surface area contributed by atoms with Gasteiger partial charge >= 0.3 is 12.0 Å². The highest BCUT2D eigenvalue weighted by Crippen LogP contribution is 2.22. The molecule has 0 saturated heterocycles. The van der Waals surface area contributed by atoms with Gasteiger partial charge in [0.05, 0.1) is 11.2 Å². The minimum Gasteiger partial charge on any atom is -0.477 e. The molecule has 0 atom stereocenters. The number of carboxylic acids is 1. The molecule has 1 heterocycles. The summed E-state index contributed by atoms with van der Waals surface area (Å²) in [6.45, 7) is 0. The SMILES string of the molecule is NC(=O)Nc1cc(C(=O)O)nc2ccccc12. The maximum absolute atomic E-state index is 10.9. The molecule has 4 N–H and O–H groups in total. The van der Waals surface area contributed by atoms with Gasteiger partial charge in [-0.3, -0.25) is 0 Å². The number of carbonyl (C=O) groups is 2. The number of benzene rings is 1. The number of pyridine rings is 1. The number of aromatic carboxylic acids is 1. The number of carboxylic acid groups (broad SMARTS) is 1. The van der Waals surface area contributed by atoms with Crippen molar-refractivity contribution in [3.05, 3.63) is 36.0 Å². The van der Waals surface area contributed by atoms with E-state index in [-0.39, 0.29) is 5.69 Å². The van der Waals surface area contributed by atoms with Gasteiger partial charge in [0.2, 0.25) is 0 Å². The molecule has 0 aliphatic carbocycles. The van der Waals surface area contributed by atoms with Gasteiger partial charge in [-0.25, -0.2) is 14.6 Å². The van der Waals surface area contributed by atoms with Gasteiger partial charge in [-0.15, -0.1) is 0 Å². The molecule has 2 rings (SSSR count). The monoisotopic (exact) mass is 231 g/mol. The summed E-state index contributed by atoms with van der Waals surface area (Å²) in [5, 5.41) is 11.9. The molecule has 0 fully saturated rings. The van der Waals surface area contributed by atoms with Crippen molar-refractivity contribution < 1.29 is 14.7 Å². The van der Waals surface area contributed by atoms with Crippen molar-refractivity contribution in [2.45, 2.75) is 0 Å². The molecule has 0 spiro atoms. The largest absolute Gasteiger partial charge is 0.477 e. The predicted molar refractivity (Wildman–Crippen MR) is 61.9 cm³/mol. The lowest BCUT2D eigenvalue weighted by atomic mass is 10.1. The fourth-order valence-electron chi connectivity index (χ4n) is 1.52. The predicted octanol–water partition coefficient (Wildman–Crippen LogP) is 1.42. The van der Waals surface area contributed by atoms with Crippen LogP contribution in [0.25, 0.3) is 10.9 Å². The number of nitrogens with zero attached hydrogens (tertiary/aromatic N) is 1. The molecule has 6 nitrogen and oxygen atoms in total. The van der Waals surface area contributed by atoms with Gasteiger partial charge in [0, 0.05) is 5.39 Å². The second-order valence-electron chi connectivity index (χ2n) is 3.37. The van der Waals surface area contributed by atoms with E-state index >= 15 is 0 Å². The number of carbonyl (C=O) groups excluding carboxylic acids is 1. The maximum atomic E-state index is 10.9. The Morgan fingerprint density at radius 3 is 2.65 bits per heavy atom. The van der Waals surface area contributed by atoms with Gasteiger partial charge in [0.15, 0.2) is 5.69 Å². The Labute approximate surface area is 96.1 Å². The van der Waals surface area contributed by atoms with Crippen LogP contribution in [-0.2, 0) is 0 Å². The normalized spacial score (nSPS) is 10.1. The molecule has 0 unspecified atom stereocenters. The van der Waals surface area contributed by atoms with E-state index in [0.29, 0.717) is 16.6 Å². The second kappa shape index (κ2) is 4.09. The van der Waals surface area contributed by atoms with Crippen LogP contribution in [0.2, 0.25) is 0 Å². The van der Waals surface area contributed by atoms with E-state index in [9.17, 15) is 9.59 Å². The lowest BCUT2D eigenvalue weighted by molar-refractivity contribution is 0.0691. The summed E-state index contributed by atoms with van der Waals surface area (Å²) in [5.41, 5.74) is 5.69. The molecular formula is C11H9N3O3. The van der Waals surface area contributed by atoms with E-state index in [1.807, 2.05) is 0 Å². The summed E-state index contributed by atoms with van der Waals surface area (Å²) < 4.78 is 0. The molecule has 1 aromatic heterocycles. The quantitative estimate of drug-likeness (QED) is 0.726. The van der Waals surface area contributed by atoms with E-state index in [2.05, 4.69) is 10.3 Å². The van der Waals surface area contributed by atoms with Gasteiger partial charge in [0.25, 0.3) is 0 Å². The molecule has 0 bridgehead atoms. The number of urea groups is 1. The van der Waals surface area contributed by atoms with Crippen LogP contribution >= 0.6 is 0 Å². The number of amides is 2. The van der Waals surface area contributed by atoms with Crippen LogP contribution < -0.4 is 11.1 Å². The highest BCUT2D eigenvalue weighted by Gasteiger charge is 2.11. The van der Waals surface area contributed by atoms with E-state index in [4.69, 9.17) is 10.8 Å². The molecule has 2 aromatic rings. The van der Waals surface area contributed by atoms with Crippen molar-refractivity contribution in [1.29, 1.82) is 0 Å². The number of hydrogen-bond donors (Lipinski definition) is 3. The van der Waals surface area contributed by atoms with Crippen LogP contribution in [0.5, 0.6) is 0 Å². The van der Waals surface area contributed by atoms with E-state index in [0.717, 1.165) is 0 Å². The van der Waals surface area contributed by atoms with Crippen LogP contribution in [0.15, 0.2) is 30.3 Å². The highest BCUT2D eigenvalue weighted by atomic mass is 16.4. The van der Waals surface area contributed by atoms with Gasteiger partial charge < -0.3 is 16.2 Å². The number of nitrogens with two attached hydrogens (primary N) is 1. The number of rotatable bonds is 2. The number of fused-ring (bicyclic) bond motifs is 1. The van der Waals surface area contributed by atoms with Crippen molar-refractivity contribution in [3.63, 3.8) is 0 Å². The Bertz CT molecular complexity index is 610. The molecule has 2 amide bonds. The molecule has 86 valence electrons. The van der Waals surface area contributed by atoms with Crippen molar-refractivity contribution in [2.75, 3.05) is 5.32 Å². The van der Waals surface area contributed by atoms with E-state index in [1.165, 1.54) is 6.07 Å². The lowest BCUT2D eigenvalue weighted by Gasteiger charge is -2.07. The van der Waals surface area contributed by atoms with Crippen molar-refractivity contribution in [1.82, 2.24) is 4.98 Å². The average Bonchev–Trinajstić information content (AvgIpc) is 2.28. The lowest BCUT2D eigenvalue weighted by Crippen LogP contribution is -2.20. The number of primary amides is 1. The van der Waals surface area contributed by atoms with Gasteiger partial charge in [-0.2, -0.15) is 0 Å². The first-order chi connectivity index (χ1) is 8.08. The van der Waals surface area contributed by atoms with E-state index < -0.39 is 12.0 Å². The standard InChI is InChI=1S/C11H9N3O3/c12-11(17)14-8-5-9(10(15)16)13-7-4-2-1-3-6(7)8/h1-5H,(H,15,16)(H3,12,13,14,17). The van der Waals surface area contributed by atoms with Crippen LogP contribution in [-0.4, -0.2) is 22.1 Å². The summed E-state index contributed by atoms with van der Waals surface area (Å²) in [7, 11) is 0.